The van der Waals surface area contributed by atoms with Crippen LogP contribution >= 0.6 is 0 Å². The van der Waals surface area contributed by atoms with Gasteiger partial charge in [0, 0.05) is 11.6 Å². The average molecular weight is 258 g/mol. The van der Waals surface area contributed by atoms with E-state index in [0.29, 0.717) is 11.6 Å². The highest BCUT2D eigenvalue weighted by molar-refractivity contribution is 6.12. The molecule has 0 atom stereocenters. The fourth-order valence-corrected chi connectivity index (χ4v) is 1.23. The minimum absolute atomic E-state index is 0.348. The van der Waals surface area contributed by atoms with E-state index in [1.165, 1.54) is 6.07 Å². The van der Waals surface area contributed by atoms with Crippen molar-refractivity contribution in [1.82, 2.24) is 0 Å². The van der Waals surface area contributed by atoms with E-state index in [2.05, 4.69) is 0 Å². The number of nitriles is 1. The van der Waals surface area contributed by atoms with Gasteiger partial charge in [0.25, 0.3) is 5.91 Å². The minimum Gasteiger partial charge on any atom is -0.507 e. The van der Waals surface area contributed by atoms with E-state index >= 15 is 0 Å². The van der Waals surface area contributed by atoms with Gasteiger partial charge in [-0.2, -0.15) is 5.26 Å². The van der Waals surface area contributed by atoms with E-state index in [9.17, 15) is 19.8 Å². The monoisotopic (exact) mass is 258 g/mol. The van der Waals surface area contributed by atoms with Crippen molar-refractivity contribution in [3.63, 3.8) is 0 Å². The minimum atomic E-state index is -1.22. The van der Waals surface area contributed by atoms with Crippen molar-refractivity contribution in [3.8, 4) is 6.07 Å². The summed E-state index contributed by atoms with van der Waals surface area (Å²) < 4.78 is 0. The number of aliphatic hydroxyl groups excluding tert-OH is 2. The first-order chi connectivity index (χ1) is 8.97. The molecule has 4 N–H and O–H groups in total. The largest absolute Gasteiger partial charge is 0.507 e. The highest BCUT2D eigenvalue weighted by Gasteiger charge is 2.17. The third-order valence-corrected chi connectivity index (χ3v) is 2.17. The molecule has 6 heteroatoms. The van der Waals surface area contributed by atoms with Crippen molar-refractivity contribution in [3.05, 3.63) is 53.3 Å². The molecule has 0 bridgehead atoms. The van der Waals surface area contributed by atoms with Crippen molar-refractivity contribution in [1.29, 1.82) is 5.26 Å². The van der Waals surface area contributed by atoms with Crippen LogP contribution < -0.4 is 5.73 Å². The van der Waals surface area contributed by atoms with Crippen molar-refractivity contribution in [2.45, 2.75) is 0 Å². The molecule has 1 rings (SSSR count). The lowest BCUT2D eigenvalue weighted by Gasteiger charge is -2.00. The van der Waals surface area contributed by atoms with Crippen LogP contribution in [0.1, 0.15) is 5.56 Å². The number of ketones is 1. The quantitative estimate of drug-likeness (QED) is 0.421. The summed E-state index contributed by atoms with van der Waals surface area (Å²) in [5, 5.41) is 27.6. The Morgan fingerprint density at radius 3 is 2.26 bits per heavy atom. The van der Waals surface area contributed by atoms with Gasteiger partial charge < -0.3 is 15.9 Å². The van der Waals surface area contributed by atoms with Crippen LogP contribution in [0.4, 0.5) is 0 Å². The van der Waals surface area contributed by atoms with E-state index in [1.54, 1.807) is 30.3 Å². The third-order valence-electron chi connectivity index (χ3n) is 2.17. The molecule has 0 aliphatic heterocycles. The molecule has 0 radical (unpaired) electrons. The molecule has 0 saturated carbocycles. The number of nitrogens with zero attached hydrogens (tertiary/aromatic N) is 1. The first-order valence-electron chi connectivity index (χ1n) is 5.11. The molecule has 0 aliphatic rings. The molecule has 6 nitrogen and oxygen atoms in total. The van der Waals surface area contributed by atoms with Gasteiger partial charge in [-0.1, -0.05) is 30.3 Å². The average Bonchev–Trinajstić information content (AvgIpc) is 2.39. The third kappa shape index (κ3) is 3.44. The Kier molecular flexibility index (Phi) is 4.44. The number of amides is 1. The Morgan fingerprint density at radius 1 is 1.21 bits per heavy atom. The smallest absolute Gasteiger partial charge is 0.263 e. The van der Waals surface area contributed by atoms with E-state index in [-0.39, 0.29) is 0 Å². The topological polar surface area (TPSA) is 124 Å². The van der Waals surface area contributed by atoms with Crippen LogP contribution in [0, 0.1) is 11.3 Å². The molecule has 0 spiro atoms. The Labute approximate surface area is 108 Å². The highest BCUT2D eigenvalue weighted by atomic mass is 16.3. The van der Waals surface area contributed by atoms with Gasteiger partial charge in [-0.05, 0) is 0 Å². The van der Waals surface area contributed by atoms with Gasteiger partial charge in [-0.15, -0.1) is 0 Å². The van der Waals surface area contributed by atoms with Gasteiger partial charge in [0.15, 0.2) is 11.3 Å². The summed E-state index contributed by atoms with van der Waals surface area (Å²) in [6.07, 6.45) is 0.699. The molecule has 1 amide bonds. The lowest BCUT2D eigenvalue weighted by Crippen LogP contribution is -2.17. The number of hydrogen-bond donors (Lipinski definition) is 3. The molecule has 0 heterocycles. The van der Waals surface area contributed by atoms with E-state index in [0.717, 1.165) is 0 Å². The molecule has 0 fully saturated rings. The van der Waals surface area contributed by atoms with E-state index in [4.69, 9.17) is 11.0 Å². The van der Waals surface area contributed by atoms with Crippen LogP contribution in [0.3, 0.4) is 0 Å². The van der Waals surface area contributed by atoms with Gasteiger partial charge in [-0.3, -0.25) is 9.59 Å². The number of aliphatic hydroxyl groups is 2. The van der Waals surface area contributed by atoms with E-state index in [1.807, 2.05) is 0 Å². The summed E-state index contributed by atoms with van der Waals surface area (Å²) >= 11 is 0. The second kappa shape index (κ2) is 6.02. The van der Waals surface area contributed by atoms with Gasteiger partial charge in [0.2, 0.25) is 5.78 Å². The number of primary amides is 1. The van der Waals surface area contributed by atoms with Crippen molar-refractivity contribution in [2.75, 3.05) is 0 Å². The molecular weight excluding hydrogens is 248 g/mol. The lowest BCUT2D eigenvalue weighted by atomic mass is 10.1. The second-order valence-electron chi connectivity index (χ2n) is 3.46. The molecule has 19 heavy (non-hydrogen) atoms. The van der Waals surface area contributed by atoms with Gasteiger partial charge in [0.1, 0.15) is 11.8 Å². The number of rotatable bonds is 4. The molecule has 0 aliphatic carbocycles. The number of allylic oxidation sites excluding steroid dienone is 1. The van der Waals surface area contributed by atoms with Crippen molar-refractivity contribution < 1.29 is 19.8 Å². The first-order valence-corrected chi connectivity index (χ1v) is 5.11. The Hall–Kier alpha value is -3.07. The van der Waals surface area contributed by atoms with E-state index < -0.39 is 28.8 Å². The summed E-state index contributed by atoms with van der Waals surface area (Å²) in [5.41, 5.74) is 4.30. The number of carbonyl (C=O) groups is 2. The fourth-order valence-electron chi connectivity index (χ4n) is 1.23. The van der Waals surface area contributed by atoms with Crippen LogP contribution in [0.25, 0.3) is 5.76 Å². The van der Waals surface area contributed by atoms with Crippen LogP contribution in [0.5, 0.6) is 0 Å². The number of benzene rings is 1. The SMILES string of the molecule is N#CC(C(N)=O)=C(O)C(=O)/C=C(\O)c1ccccc1. The Balaban J connectivity index is 3.10. The van der Waals surface area contributed by atoms with Gasteiger partial charge in [0.05, 0.1) is 0 Å². The summed E-state index contributed by atoms with van der Waals surface area (Å²) in [4.78, 5) is 22.3. The zero-order valence-electron chi connectivity index (χ0n) is 9.70. The Bertz CT molecular complexity index is 609. The van der Waals surface area contributed by atoms with Crippen LogP contribution in [-0.2, 0) is 9.59 Å². The number of carbonyl (C=O) groups excluding carboxylic acids is 2. The predicted molar refractivity (Wildman–Crippen MR) is 66.5 cm³/mol. The zero-order chi connectivity index (χ0) is 14.4. The summed E-state index contributed by atoms with van der Waals surface area (Å²) in [7, 11) is 0. The zero-order valence-corrected chi connectivity index (χ0v) is 9.70. The second-order valence-corrected chi connectivity index (χ2v) is 3.46. The number of hydrogen-bond acceptors (Lipinski definition) is 5. The molecule has 0 aromatic heterocycles. The maximum absolute atomic E-state index is 11.5. The molecular formula is C13H10N2O4. The van der Waals surface area contributed by atoms with Crippen molar-refractivity contribution >= 4 is 17.4 Å². The number of nitrogens with two attached hydrogens (primary N) is 1. The van der Waals surface area contributed by atoms with Crippen LogP contribution in [0.2, 0.25) is 0 Å². The van der Waals surface area contributed by atoms with Crippen molar-refractivity contribution in [2.24, 2.45) is 5.73 Å². The molecule has 0 unspecified atom stereocenters. The van der Waals surface area contributed by atoms with Crippen LogP contribution in [0.15, 0.2) is 47.7 Å². The maximum atomic E-state index is 11.5. The molecule has 96 valence electrons. The Morgan fingerprint density at radius 2 is 1.79 bits per heavy atom. The first kappa shape index (κ1) is 14.0. The molecule has 0 saturated heterocycles. The lowest BCUT2D eigenvalue weighted by molar-refractivity contribution is -0.116. The summed E-state index contributed by atoms with van der Waals surface area (Å²) in [6.45, 7) is 0. The fraction of sp³-hybridized carbons (Fsp3) is 0. The van der Waals surface area contributed by atoms with Gasteiger partial charge >= 0.3 is 0 Å². The maximum Gasteiger partial charge on any atom is 0.263 e. The summed E-state index contributed by atoms with van der Waals surface area (Å²) in [6, 6.07) is 9.40. The van der Waals surface area contributed by atoms with Gasteiger partial charge in [-0.25, -0.2) is 0 Å². The summed E-state index contributed by atoms with van der Waals surface area (Å²) in [5.74, 6) is -3.81. The predicted octanol–water partition coefficient (Wildman–Crippen LogP) is 0.976. The normalized spacial score (nSPS) is 12.3. The standard InChI is InChI=1S/C13H10N2O4/c14-7-9(13(15)19)12(18)11(17)6-10(16)8-4-2-1-3-5-8/h1-6,16,18H,(H2,15,19)/b10-6-,12-9?. The molecule has 1 aromatic rings. The molecule has 1 aromatic carbocycles. The highest BCUT2D eigenvalue weighted by Crippen LogP contribution is 2.12. The van der Waals surface area contributed by atoms with Crippen LogP contribution in [-0.4, -0.2) is 21.9 Å².